The van der Waals surface area contributed by atoms with Crippen molar-refractivity contribution in [3.8, 4) is 5.75 Å². The van der Waals surface area contributed by atoms with Crippen molar-refractivity contribution in [1.82, 2.24) is 10.2 Å². The Hall–Kier alpha value is -2.24. The van der Waals surface area contributed by atoms with E-state index in [0.29, 0.717) is 28.8 Å². The van der Waals surface area contributed by atoms with Crippen LogP contribution >= 0.6 is 23.2 Å². The Labute approximate surface area is 174 Å². The molecule has 1 atom stereocenters. The minimum Gasteiger partial charge on any atom is -0.494 e. The van der Waals surface area contributed by atoms with Gasteiger partial charge in [0.1, 0.15) is 5.75 Å². The maximum atomic E-state index is 12.7. The van der Waals surface area contributed by atoms with Gasteiger partial charge in [0.15, 0.2) is 0 Å². The molecule has 5 nitrogen and oxygen atoms in total. The molecule has 2 amide bonds. The summed E-state index contributed by atoms with van der Waals surface area (Å²) < 4.78 is 5.47. The van der Waals surface area contributed by atoms with Crippen molar-refractivity contribution < 1.29 is 14.3 Å². The lowest BCUT2D eigenvalue weighted by Crippen LogP contribution is -2.39. The average molecular weight is 421 g/mol. The zero-order valence-electron chi connectivity index (χ0n) is 15.6. The zero-order chi connectivity index (χ0) is 20.1. The molecule has 2 aromatic carbocycles. The molecular formula is C21H22Cl2N2O3. The van der Waals surface area contributed by atoms with E-state index in [9.17, 15) is 9.59 Å². The standard InChI is InChI=1S/C21H22Cl2N2O3/c1-2-28-16-8-5-14(6-9-16)19-4-3-11-25(19)20(26)13-24-21(27)15-7-10-17(22)18(23)12-15/h5-10,12,19H,2-4,11,13H2,1H3,(H,24,27)/t19-/m0/s1. The van der Waals surface area contributed by atoms with Gasteiger partial charge in [0.2, 0.25) is 5.91 Å². The topological polar surface area (TPSA) is 58.6 Å². The Morgan fingerprint density at radius 2 is 1.89 bits per heavy atom. The predicted octanol–water partition coefficient (Wildman–Crippen LogP) is 4.49. The van der Waals surface area contributed by atoms with Crippen molar-refractivity contribution in [2.75, 3.05) is 19.7 Å². The van der Waals surface area contributed by atoms with Gasteiger partial charge in [-0.05, 0) is 55.7 Å². The van der Waals surface area contributed by atoms with Gasteiger partial charge in [-0.25, -0.2) is 0 Å². The third kappa shape index (κ3) is 4.78. The minimum absolute atomic E-state index is 0.0186. The lowest BCUT2D eigenvalue weighted by atomic mass is 10.0. The van der Waals surface area contributed by atoms with Gasteiger partial charge < -0.3 is 15.0 Å². The SMILES string of the molecule is CCOc1ccc([C@@H]2CCCN2C(=O)CNC(=O)c2ccc(Cl)c(Cl)c2)cc1. The third-order valence-electron chi connectivity index (χ3n) is 4.73. The monoisotopic (exact) mass is 420 g/mol. The summed E-state index contributed by atoms with van der Waals surface area (Å²) in [5, 5.41) is 3.35. The van der Waals surface area contributed by atoms with Crippen LogP contribution in [0.5, 0.6) is 5.75 Å². The molecule has 0 radical (unpaired) electrons. The number of nitrogens with one attached hydrogen (secondary N) is 1. The van der Waals surface area contributed by atoms with Crippen molar-refractivity contribution in [2.24, 2.45) is 0 Å². The molecule has 28 heavy (non-hydrogen) atoms. The Morgan fingerprint density at radius 1 is 1.14 bits per heavy atom. The van der Waals surface area contributed by atoms with Crippen LogP contribution in [0.4, 0.5) is 0 Å². The Kier molecular flexibility index (Phi) is 6.81. The number of hydrogen-bond acceptors (Lipinski definition) is 3. The molecule has 1 heterocycles. The summed E-state index contributed by atoms with van der Waals surface area (Å²) in [6.45, 7) is 3.18. The number of hydrogen-bond donors (Lipinski definition) is 1. The van der Waals surface area contributed by atoms with Gasteiger partial charge in [-0.1, -0.05) is 35.3 Å². The number of carbonyl (C=O) groups excluding carboxylic acids is 2. The molecule has 0 bridgehead atoms. The number of amides is 2. The Balaban J connectivity index is 1.61. The summed E-state index contributed by atoms with van der Waals surface area (Å²) in [6, 6.07) is 12.5. The number of rotatable bonds is 6. The Bertz CT molecular complexity index is 855. The predicted molar refractivity (Wildman–Crippen MR) is 110 cm³/mol. The first-order valence-electron chi connectivity index (χ1n) is 9.25. The number of carbonyl (C=O) groups is 2. The second-order valence-electron chi connectivity index (χ2n) is 6.56. The molecule has 1 saturated heterocycles. The summed E-state index contributed by atoms with van der Waals surface area (Å²) in [5.41, 5.74) is 1.44. The molecule has 0 saturated carbocycles. The van der Waals surface area contributed by atoms with E-state index < -0.39 is 0 Å². The molecule has 0 aliphatic carbocycles. The summed E-state index contributed by atoms with van der Waals surface area (Å²) >= 11 is 11.8. The van der Waals surface area contributed by atoms with Crippen LogP contribution in [-0.4, -0.2) is 36.4 Å². The summed E-state index contributed by atoms with van der Waals surface area (Å²) in [5.74, 6) is 0.351. The van der Waals surface area contributed by atoms with Gasteiger partial charge in [-0.2, -0.15) is 0 Å². The van der Waals surface area contributed by atoms with Gasteiger partial charge >= 0.3 is 0 Å². The van der Waals surface area contributed by atoms with Crippen molar-refractivity contribution >= 4 is 35.0 Å². The van der Waals surface area contributed by atoms with E-state index >= 15 is 0 Å². The highest BCUT2D eigenvalue weighted by molar-refractivity contribution is 6.42. The molecule has 0 aromatic heterocycles. The number of ether oxygens (including phenoxy) is 1. The molecule has 1 N–H and O–H groups in total. The van der Waals surface area contributed by atoms with Gasteiger partial charge in [0.05, 0.1) is 29.2 Å². The van der Waals surface area contributed by atoms with E-state index in [1.165, 1.54) is 6.07 Å². The molecule has 148 valence electrons. The molecule has 0 spiro atoms. The van der Waals surface area contributed by atoms with Crippen LogP contribution in [0.25, 0.3) is 0 Å². The maximum absolute atomic E-state index is 12.7. The van der Waals surface area contributed by atoms with E-state index in [0.717, 1.165) is 24.2 Å². The fraction of sp³-hybridized carbons (Fsp3) is 0.333. The van der Waals surface area contributed by atoms with E-state index in [1.807, 2.05) is 36.1 Å². The highest BCUT2D eigenvalue weighted by atomic mass is 35.5. The van der Waals surface area contributed by atoms with Crippen LogP contribution in [0.3, 0.4) is 0 Å². The number of nitrogens with zero attached hydrogens (tertiary/aromatic N) is 1. The summed E-state index contributed by atoms with van der Waals surface area (Å²) in [6.07, 6.45) is 1.84. The normalized spacial score (nSPS) is 16.1. The molecule has 1 aliphatic rings. The fourth-order valence-corrected chi connectivity index (χ4v) is 3.66. The summed E-state index contributed by atoms with van der Waals surface area (Å²) in [7, 11) is 0. The molecule has 1 aliphatic heterocycles. The molecule has 7 heteroatoms. The average Bonchev–Trinajstić information content (AvgIpc) is 3.19. The lowest BCUT2D eigenvalue weighted by Gasteiger charge is -2.25. The first-order chi connectivity index (χ1) is 13.5. The van der Waals surface area contributed by atoms with Gasteiger partial charge in [0.25, 0.3) is 5.91 Å². The van der Waals surface area contributed by atoms with E-state index in [4.69, 9.17) is 27.9 Å². The van der Waals surface area contributed by atoms with Crippen LogP contribution in [0.1, 0.15) is 41.7 Å². The number of likely N-dealkylation sites (tertiary alicyclic amines) is 1. The Morgan fingerprint density at radius 3 is 2.57 bits per heavy atom. The first-order valence-corrected chi connectivity index (χ1v) is 10.0. The first kappa shape index (κ1) is 20.5. The van der Waals surface area contributed by atoms with E-state index in [1.54, 1.807) is 12.1 Å². The van der Waals surface area contributed by atoms with Crippen LogP contribution in [0.15, 0.2) is 42.5 Å². The zero-order valence-corrected chi connectivity index (χ0v) is 17.1. The minimum atomic E-state index is -0.358. The summed E-state index contributed by atoms with van der Waals surface area (Å²) in [4.78, 5) is 26.8. The second-order valence-corrected chi connectivity index (χ2v) is 7.37. The molecule has 2 aromatic rings. The van der Waals surface area contributed by atoms with Crippen molar-refractivity contribution in [3.05, 3.63) is 63.6 Å². The third-order valence-corrected chi connectivity index (χ3v) is 5.47. The molecule has 1 fully saturated rings. The number of halogens is 2. The number of benzene rings is 2. The van der Waals surface area contributed by atoms with Gasteiger partial charge in [-0.3, -0.25) is 9.59 Å². The van der Waals surface area contributed by atoms with Crippen molar-refractivity contribution in [2.45, 2.75) is 25.8 Å². The smallest absolute Gasteiger partial charge is 0.251 e. The second kappa shape index (κ2) is 9.30. The quantitative estimate of drug-likeness (QED) is 0.748. The maximum Gasteiger partial charge on any atom is 0.251 e. The molecule has 0 unspecified atom stereocenters. The van der Waals surface area contributed by atoms with Crippen LogP contribution in [0.2, 0.25) is 10.0 Å². The highest BCUT2D eigenvalue weighted by Crippen LogP contribution is 2.32. The van der Waals surface area contributed by atoms with Gasteiger partial charge in [0, 0.05) is 12.1 Å². The van der Waals surface area contributed by atoms with E-state index in [-0.39, 0.29) is 24.4 Å². The fourth-order valence-electron chi connectivity index (χ4n) is 3.36. The van der Waals surface area contributed by atoms with Crippen molar-refractivity contribution in [3.63, 3.8) is 0 Å². The molecule has 3 rings (SSSR count). The van der Waals surface area contributed by atoms with Crippen LogP contribution in [-0.2, 0) is 4.79 Å². The van der Waals surface area contributed by atoms with Crippen LogP contribution in [0, 0.1) is 0 Å². The van der Waals surface area contributed by atoms with Gasteiger partial charge in [-0.15, -0.1) is 0 Å². The lowest BCUT2D eigenvalue weighted by molar-refractivity contribution is -0.131. The molecular weight excluding hydrogens is 399 g/mol. The highest BCUT2D eigenvalue weighted by Gasteiger charge is 2.30. The van der Waals surface area contributed by atoms with E-state index in [2.05, 4.69) is 5.32 Å². The largest absolute Gasteiger partial charge is 0.494 e. The van der Waals surface area contributed by atoms with Crippen LogP contribution < -0.4 is 10.1 Å². The van der Waals surface area contributed by atoms with Crippen molar-refractivity contribution in [1.29, 1.82) is 0 Å².